The van der Waals surface area contributed by atoms with Crippen molar-refractivity contribution in [3.63, 3.8) is 0 Å². The Kier molecular flexibility index (Phi) is 6.22. The molecule has 3 aromatic rings. The summed E-state index contributed by atoms with van der Waals surface area (Å²) in [6.07, 6.45) is 3.19. The van der Waals surface area contributed by atoms with Crippen molar-refractivity contribution < 1.29 is 18.1 Å². The molecule has 33 heavy (non-hydrogen) atoms. The van der Waals surface area contributed by atoms with Gasteiger partial charge < -0.3 is 9.47 Å². The van der Waals surface area contributed by atoms with Gasteiger partial charge in [0, 0.05) is 54.6 Å². The molecule has 1 aliphatic rings. The molecule has 0 unspecified atom stereocenters. The number of nitro groups is 1. The summed E-state index contributed by atoms with van der Waals surface area (Å²) in [6.45, 7) is 5.05. The van der Waals surface area contributed by atoms with E-state index in [9.17, 15) is 23.3 Å². The van der Waals surface area contributed by atoms with Gasteiger partial charge >= 0.3 is 0 Å². The van der Waals surface area contributed by atoms with Gasteiger partial charge in [0.1, 0.15) is 6.54 Å². The van der Waals surface area contributed by atoms with Gasteiger partial charge in [-0.3, -0.25) is 14.9 Å². The molecule has 1 amide bonds. The van der Waals surface area contributed by atoms with E-state index >= 15 is 0 Å². The van der Waals surface area contributed by atoms with Crippen LogP contribution in [0.1, 0.15) is 25.8 Å². The van der Waals surface area contributed by atoms with E-state index in [0.29, 0.717) is 31.4 Å². The fraction of sp³-hybridized carbons (Fsp3) is 0.348. The maximum atomic E-state index is 13.2. The van der Waals surface area contributed by atoms with E-state index in [2.05, 4.69) is 0 Å². The van der Waals surface area contributed by atoms with E-state index in [4.69, 9.17) is 0 Å². The van der Waals surface area contributed by atoms with Crippen LogP contribution in [0.25, 0.3) is 10.9 Å². The quantitative estimate of drug-likeness (QED) is 0.388. The first-order valence-electron chi connectivity index (χ1n) is 10.9. The van der Waals surface area contributed by atoms with Gasteiger partial charge in [0.15, 0.2) is 0 Å². The molecule has 4 rings (SSSR count). The fourth-order valence-corrected chi connectivity index (χ4v) is 5.88. The van der Waals surface area contributed by atoms with E-state index < -0.39 is 14.9 Å². The summed E-state index contributed by atoms with van der Waals surface area (Å²) in [5.74, 6) is -0.119. The summed E-state index contributed by atoms with van der Waals surface area (Å²) < 4.78 is 29.0. The van der Waals surface area contributed by atoms with E-state index in [1.165, 1.54) is 16.4 Å². The third-order valence-corrected chi connectivity index (χ3v) is 8.13. The standard InChI is InChI=1S/C23H26N4O5S/c1-3-25(4-2)33(31,32)20-8-10-22-17(15-20)6-5-12-26(22)23(28)16-24-13-11-18-14-19(27(29)30)7-9-21(18)24/h7-11,13-15H,3-6,12,16H2,1-2H3. The van der Waals surface area contributed by atoms with Crippen LogP contribution in [0.15, 0.2) is 53.6 Å². The summed E-state index contributed by atoms with van der Waals surface area (Å²) in [5.41, 5.74) is 2.33. The molecule has 0 N–H and O–H groups in total. The number of aromatic nitrogens is 1. The zero-order chi connectivity index (χ0) is 23.8. The number of non-ortho nitro benzene ring substituents is 1. The number of fused-ring (bicyclic) bond motifs is 2. The van der Waals surface area contributed by atoms with E-state index in [0.717, 1.165) is 23.2 Å². The second-order valence-electron chi connectivity index (χ2n) is 7.97. The van der Waals surface area contributed by atoms with Gasteiger partial charge in [0.25, 0.3) is 5.69 Å². The van der Waals surface area contributed by atoms with Gasteiger partial charge in [-0.1, -0.05) is 13.8 Å². The Morgan fingerprint density at radius 1 is 1.12 bits per heavy atom. The molecule has 0 saturated carbocycles. The first-order chi connectivity index (χ1) is 15.8. The molecular weight excluding hydrogens is 444 g/mol. The molecule has 9 nitrogen and oxygen atoms in total. The van der Waals surface area contributed by atoms with Gasteiger partial charge in [-0.15, -0.1) is 0 Å². The third kappa shape index (κ3) is 4.23. The number of carbonyl (C=O) groups excluding carboxylic acids is 1. The summed E-state index contributed by atoms with van der Waals surface area (Å²) >= 11 is 0. The lowest BCUT2D eigenvalue weighted by atomic mass is 10.0. The van der Waals surface area contributed by atoms with Crippen molar-refractivity contribution in [3.05, 3.63) is 64.3 Å². The zero-order valence-corrected chi connectivity index (χ0v) is 19.4. The largest absolute Gasteiger partial charge is 0.338 e. The first kappa shape index (κ1) is 22.9. The van der Waals surface area contributed by atoms with E-state index in [-0.39, 0.29) is 23.0 Å². The molecule has 0 fully saturated rings. The number of hydrogen-bond acceptors (Lipinski definition) is 5. The number of nitrogens with zero attached hydrogens (tertiary/aromatic N) is 4. The van der Waals surface area contributed by atoms with Crippen LogP contribution < -0.4 is 4.90 Å². The molecule has 0 saturated heterocycles. The van der Waals surface area contributed by atoms with Crippen LogP contribution in [0.2, 0.25) is 0 Å². The van der Waals surface area contributed by atoms with Crippen LogP contribution in [-0.4, -0.2) is 47.8 Å². The number of rotatable bonds is 7. The van der Waals surface area contributed by atoms with Gasteiger partial charge in [0.2, 0.25) is 15.9 Å². The highest BCUT2D eigenvalue weighted by atomic mass is 32.2. The molecule has 0 radical (unpaired) electrons. The molecule has 1 aliphatic heterocycles. The number of hydrogen-bond donors (Lipinski definition) is 0. The predicted octanol–water partition coefficient (Wildman–Crippen LogP) is 3.56. The fourth-order valence-electron chi connectivity index (χ4n) is 4.38. The van der Waals surface area contributed by atoms with Crippen molar-refractivity contribution in [2.75, 3.05) is 24.5 Å². The van der Waals surface area contributed by atoms with Crippen LogP contribution in [-0.2, 0) is 27.8 Å². The molecular formula is C23H26N4O5S. The summed E-state index contributed by atoms with van der Waals surface area (Å²) in [5, 5.41) is 11.7. The minimum Gasteiger partial charge on any atom is -0.338 e. The Bertz CT molecular complexity index is 1330. The monoisotopic (exact) mass is 470 g/mol. The van der Waals surface area contributed by atoms with E-state index in [1.807, 2.05) is 13.8 Å². The minimum atomic E-state index is -3.57. The van der Waals surface area contributed by atoms with Gasteiger partial charge in [-0.05, 0) is 48.7 Å². The van der Waals surface area contributed by atoms with Crippen LogP contribution in [0.4, 0.5) is 11.4 Å². The van der Waals surface area contributed by atoms with Crippen LogP contribution in [0.3, 0.4) is 0 Å². The molecule has 0 atom stereocenters. The minimum absolute atomic E-state index is 0.00648. The van der Waals surface area contributed by atoms with Crippen molar-refractivity contribution in [1.82, 2.24) is 8.87 Å². The Labute approximate surface area is 192 Å². The number of aryl methyl sites for hydroxylation is 1. The molecule has 0 spiro atoms. The first-order valence-corrected chi connectivity index (χ1v) is 12.4. The molecule has 174 valence electrons. The Hall–Kier alpha value is -3.24. The number of nitro benzene ring substituents is 1. The van der Waals surface area contributed by atoms with Crippen molar-refractivity contribution in [3.8, 4) is 0 Å². The van der Waals surface area contributed by atoms with Crippen molar-refractivity contribution in [2.45, 2.75) is 38.1 Å². The molecule has 1 aromatic heterocycles. The number of carbonyl (C=O) groups is 1. The third-order valence-electron chi connectivity index (χ3n) is 6.08. The topological polar surface area (TPSA) is 106 Å². The molecule has 0 aliphatic carbocycles. The number of sulfonamides is 1. The average Bonchev–Trinajstić information content (AvgIpc) is 3.20. The van der Waals surface area contributed by atoms with Crippen molar-refractivity contribution in [1.29, 1.82) is 0 Å². The Morgan fingerprint density at radius 3 is 2.58 bits per heavy atom. The SMILES string of the molecule is CCN(CC)S(=O)(=O)c1ccc2c(c1)CCCN2C(=O)Cn1ccc2cc([N+](=O)[O-])ccc21. The number of anilines is 1. The summed E-state index contributed by atoms with van der Waals surface area (Å²) in [4.78, 5) is 25.7. The predicted molar refractivity (Wildman–Crippen MR) is 126 cm³/mol. The highest BCUT2D eigenvalue weighted by molar-refractivity contribution is 7.89. The lowest BCUT2D eigenvalue weighted by Gasteiger charge is -2.30. The van der Waals surface area contributed by atoms with E-state index in [1.54, 1.807) is 46.0 Å². The molecule has 2 heterocycles. The van der Waals surface area contributed by atoms with Gasteiger partial charge in [-0.2, -0.15) is 4.31 Å². The highest BCUT2D eigenvalue weighted by Gasteiger charge is 2.27. The normalized spacial score (nSPS) is 14.0. The average molecular weight is 471 g/mol. The number of benzene rings is 2. The van der Waals surface area contributed by atoms with Gasteiger partial charge in [0.05, 0.1) is 9.82 Å². The maximum Gasteiger partial charge on any atom is 0.270 e. The smallest absolute Gasteiger partial charge is 0.270 e. The number of amides is 1. The lowest BCUT2D eigenvalue weighted by molar-refractivity contribution is -0.384. The molecule has 10 heteroatoms. The Morgan fingerprint density at radius 2 is 1.88 bits per heavy atom. The van der Waals surface area contributed by atoms with Crippen LogP contribution >= 0.6 is 0 Å². The summed E-state index contributed by atoms with van der Waals surface area (Å²) in [7, 11) is -3.57. The van der Waals surface area contributed by atoms with Crippen LogP contribution in [0.5, 0.6) is 0 Å². The summed E-state index contributed by atoms with van der Waals surface area (Å²) in [6, 6.07) is 11.3. The van der Waals surface area contributed by atoms with Crippen molar-refractivity contribution >= 4 is 38.2 Å². The zero-order valence-electron chi connectivity index (χ0n) is 18.6. The second kappa shape index (κ2) is 8.95. The van der Waals surface area contributed by atoms with Crippen LogP contribution in [0, 0.1) is 10.1 Å². The Balaban J connectivity index is 1.60. The second-order valence-corrected chi connectivity index (χ2v) is 9.91. The lowest BCUT2D eigenvalue weighted by Crippen LogP contribution is -2.38. The highest BCUT2D eigenvalue weighted by Crippen LogP contribution is 2.31. The maximum absolute atomic E-state index is 13.2. The molecule has 2 aromatic carbocycles. The molecule has 0 bridgehead atoms. The van der Waals surface area contributed by atoms with Gasteiger partial charge in [-0.25, -0.2) is 8.42 Å². The van der Waals surface area contributed by atoms with Crippen molar-refractivity contribution in [2.24, 2.45) is 0 Å².